The van der Waals surface area contributed by atoms with E-state index in [4.69, 9.17) is 4.42 Å². The van der Waals surface area contributed by atoms with Gasteiger partial charge in [-0.25, -0.2) is 0 Å². The normalized spacial score (nSPS) is 10.6. The maximum Gasteiger partial charge on any atom is 0.248 e. The SMILES string of the molecule is Cc1ccccc1-c1nnc(-c2ccc(N(C)C)cc2)o1. The van der Waals surface area contributed by atoms with Crippen LogP contribution in [0, 0.1) is 6.92 Å². The molecule has 21 heavy (non-hydrogen) atoms. The first kappa shape index (κ1) is 13.4. The summed E-state index contributed by atoms with van der Waals surface area (Å²) in [5.74, 6) is 1.10. The first-order valence-electron chi connectivity index (χ1n) is 6.82. The number of hydrogen-bond acceptors (Lipinski definition) is 4. The first-order chi connectivity index (χ1) is 10.1. The van der Waals surface area contributed by atoms with Crippen molar-refractivity contribution in [1.29, 1.82) is 0 Å². The molecule has 0 radical (unpaired) electrons. The molecule has 3 aromatic rings. The van der Waals surface area contributed by atoms with E-state index >= 15 is 0 Å². The summed E-state index contributed by atoms with van der Waals surface area (Å²) in [6.45, 7) is 2.03. The van der Waals surface area contributed by atoms with Gasteiger partial charge in [0.2, 0.25) is 11.8 Å². The van der Waals surface area contributed by atoms with Gasteiger partial charge in [-0.15, -0.1) is 10.2 Å². The second-order valence-electron chi connectivity index (χ2n) is 5.17. The number of aryl methyl sites for hydroxylation is 1. The van der Waals surface area contributed by atoms with Gasteiger partial charge in [-0.2, -0.15) is 0 Å². The zero-order valence-corrected chi connectivity index (χ0v) is 12.4. The molecule has 3 rings (SSSR count). The summed E-state index contributed by atoms with van der Waals surface area (Å²) in [6.07, 6.45) is 0. The Bertz CT molecular complexity index is 745. The maximum absolute atomic E-state index is 5.80. The fourth-order valence-electron chi connectivity index (χ4n) is 2.16. The third-order valence-electron chi connectivity index (χ3n) is 3.43. The zero-order valence-electron chi connectivity index (χ0n) is 12.4. The molecule has 0 N–H and O–H groups in total. The third-order valence-corrected chi connectivity index (χ3v) is 3.43. The third kappa shape index (κ3) is 2.65. The van der Waals surface area contributed by atoms with Gasteiger partial charge in [0.05, 0.1) is 0 Å². The maximum atomic E-state index is 5.80. The largest absolute Gasteiger partial charge is 0.416 e. The molecule has 0 saturated carbocycles. The van der Waals surface area contributed by atoms with E-state index in [1.807, 2.05) is 69.6 Å². The minimum atomic E-state index is 0.540. The van der Waals surface area contributed by atoms with Crippen LogP contribution in [0.2, 0.25) is 0 Å². The highest BCUT2D eigenvalue weighted by Gasteiger charge is 2.12. The first-order valence-corrected chi connectivity index (χ1v) is 6.82. The number of hydrogen-bond donors (Lipinski definition) is 0. The molecule has 1 heterocycles. The minimum absolute atomic E-state index is 0.540. The van der Waals surface area contributed by atoms with Crippen LogP contribution in [0.25, 0.3) is 22.9 Å². The lowest BCUT2D eigenvalue weighted by Gasteiger charge is -2.11. The predicted octanol–water partition coefficient (Wildman–Crippen LogP) is 3.78. The summed E-state index contributed by atoms with van der Waals surface area (Å²) < 4.78 is 5.80. The lowest BCUT2D eigenvalue weighted by Crippen LogP contribution is -2.07. The van der Waals surface area contributed by atoms with Crippen LogP contribution in [0.15, 0.2) is 52.9 Å². The van der Waals surface area contributed by atoms with Crippen LogP contribution in [-0.4, -0.2) is 24.3 Å². The van der Waals surface area contributed by atoms with Crippen molar-refractivity contribution in [3.63, 3.8) is 0 Å². The number of aromatic nitrogens is 2. The van der Waals surface area contributed by atoms with Gasteiger partial charge in [-0.1, -0.05) is 18.2 Å². The van der Waals surface area contributed by atoms with Gasteiger partial charge < -0.3 is 9.32 Å². The van der Waals surface area contributed by atoms with Crippen LogP contribution in [0.4, 0.5) is 5.69 Å². The van der Waals surface area contributed by atoms with Crippen LogP contribution < -0.4 is 4.90 Å². The molecule has 0 aliphatic heterocycles. The fraction of sp³-hybridized carbons (Fsp3) is 0.176. The van der Waals surface area contributed by atoms with E-state index < -0.39 is 0 Å². The molecule has 0 unspecified atom stereocenters. The van der Waals surface area contributed by atoms with Gasteiger partial charge in [-0.3, -0.25) is 0 Å². The predicted molar refractivity (Wildman–Crippen MR) is 84.2 cm³/mol. The Balaban J connectivity index is 1.93. The fourth-order valence-corrected chi connectivity index (χ4v) is 2.16. The summed E-state index contributed by atoms with van der Waals surface area (Å²) in [5, 5.41) is 8.30. The number of nitrogens with zero attached hydrogens (tertiary/aromatic N) is 3. The lowest BCUT2D eigenvalue weighted by atomic mass is 10.1. The molecular formula is C17H17N3O. The lowest BCUT2D eigenvalue weighted by molar-refractivity contribution is 0.584. The topological polar surface area (TPSA) is 42.2 Å². The molecule has 0 aliphatic rings. The summed E-state index contributed by atoms with van der Waals surface area (Å²) in [5.41, 5.74) is 4.15. The molecule has 1 aromatic heterocycles. The van der Waals surface area contributed by atoms with E-state index in [1.165, 1.54) is 0 Å². The van der Waals surface area contributed by atoms with Crippen molar-refractivity contribution in [1.82, 2.24) is 10.2 Å². The van der Waals surface area contributed by atoms with Crippen LogP contribution in [0.5, 0.6) is 0 Å². The Morgan fingerprint density at radius 3 is 2.19 bits per heavy atom. The Morgan fingerprint density at radius 2 is 1.52 bits per heavy atom. The van der Waals surface area contributed by atoms with Crippen LogP contribution >= 0.6 is 0 Å². The van der Waals surface area contributed by atoms with Crippen molar-refractivity contribution in [2.75, 3.05) is 19.0 Å². The van der Waals surface area contributed by atoms with Gasteiger partial charge in [0.25, 0.3) is 0 Å². The van der Waals surface area contributed by atoms with Gasteiger partial charge >= 0.3 is 0 Å². The Kier molecular flexibility index (Phi) is 3.44. The standard InChI is InChI=1S/C17H17N3O/c1-12-6-4-5-7-15(12)17-19-18-16(21-17)13-8-10-14(11-9-13)20(2)3/h4-11H,1-3H3. The van der Waals surface area contributed by atoms with Gasteiger partial charge in [0.15, 0.2) is 0 Å². The summed E-state index contributed by atoms with van der Waals surface area (Å²) >= 11 is 0. The zero-order chi connectivity index (χ0) is 14.8. The molecule has 4 nitrogen and oxygen atoms in total. The second-order valence-corrected chi connectivity index (χ2v) is 5.17. The van der Waals surface area contributed by atoms with Crippen LogP contribution in [0.3, 0.4) is 0 Å². The van der Waals surface area contributed by atoms with E-state index in [0.29, 0.717) is 11.8 Å². The van der Waals surface area contributed by atoms with E-state index in [2.05, 4.69) is 15.1 Å². The summed E-state index contributed by atoms with van der Waals surface area (Å²) in [7, 11) is 4.02. The molecule has 0 spiro atoms. The Hall–Kier alpha value is -2.62. The van der Waals surface area contributed by atoms with Gasteiger partial charge in [-0.05, 0) is 42.8 Å². The van der Waals surface area contributed by atoms with Crippen LogP contribution in [-0.2, 0) is 0 Å². The molecular weight excluding hydrogens is 262 g/mol. The monoisotopic (exact) mass is 279 g/mol. The molecule has 2 aromatic carbocycles. The van der Waals surface area contributed by atoms with Crippen molar-refractivity contribution in [3.8, 4) is 22.9 Å². The summed E-state index contributed by atoms with van der Waals surface area (Å²) in [6, 6.07) is 16.0. The van der Waals surface area contributed by atoms with E-state index in [1.54, 1.807) is 0 Å². The van der Waals surface area contributed by atoms with Gasteiger partial charge in [0, 0.05) is 30.9 Å². The van der Waals surface area contributed by atoms with Gasteiger partial charge in [0.1, 0.15) is 0 Å². The van der Waals surface area contributed by atoms with Crippen molar-refractivity contribution in [2.24, 2.45) is 0 Å². The highest BCUT2D eigenvalue weighted by Crippen LogP contribution is 2.26. The molecule has 4 heteroatoms. The molecule has 0 fully saturated rings. The molecule has 0 saturated heterocycles. The second kappa shape index (κ2) is 5.40. The molecule has 0 aliphatic carbocycles. The molecule has 0 amide bonds. The average molecular weight is 279 g/mol. The highest BCUT2D eigenvalue weighted by atomic mass is 16.4. The van der Waals surface area contributed by atoms with Crippen LogP contribution in [0.1, 0.15) is 5.56 Å². The summed E-state index contributed by atoms with van der Waals surface area (Å²) in [4.78, 5) is 2.05. The molecule has 0 bridgehead atoms. The van der Waals surface area contributed by atoms with Crippen molar-refractivity contribution >= 4 is 5.69 Å². The Morgan fingerprint density at radius 1 is 0.857 bits per heavy atom. The molecule has 106 valence electrons. The number of benzene rings is 2. The van der Waals surface area contributed by atoms with E-state index in [9.17, 15) is 0 Å². The van der Waals surface area contributed by atoms with Crippen molar-refractivity contribution < 1.29 is 4.42 Å². The number of rotatable bonds is 3. The minimum Gasteiger partial charge on any atom is -0.416 e. The smallest absolute Gasteiger partial charge is 0.248 e. The van der Waals surface area contributed by atoms with Crippen molar-refractivity contribution in [3.05, 3.63) is 54.1 Å². The van der Waals surface area contributed by atoms with E-state index in [0.717, 1.165) is 22.4 Å². The van der Waals surface area contributed by atoms with E-state index in [-0.39, 0.29) is 0 Å². The highest BCUT2D eigenvalue weighted by molar-refractivity contribution is 5.62. The Labute approximate surface area is 124 Å². The quantitative estimate of drug-likeness (QED) is 0.731. The average Bonchev–Trinajstić information content (AvgIpc) is 2.97. The number of anilines is 1. The van der Waals surface area contributed by atoms with Crippen molar-refractivity contribution in [2.45, 2.75) is 6.92 Å². The molecule has 0 atom stereocenters.